The van der Waals surface area contributed by atoms with E-state index in [1.54, 1.807) is 12.1 Å². The summed E-state index contributed by atoms with van der Waals surface area (Å²) in [5, 5.41) is -5.06. The Morgan fingerprint density at radius 1 is 1.27 bits per heavy atom. The van der Waals surface area contributed by atoms with E-state index in [4.69, 9.17) is 4.55 Å². The molecule has 0 saturated carbocycles. The zero-order valence-electron chi connectivity index (χ0n) is 10.2. The van der Waals surface area contributed by atoms with E-state index in [2.05, 4.69) is 4.74 Å². The Morgan fingerprint density at radius 2 is 1.73 bits per heavy atom. The maximum absolute atomic E-state index is 13.2. The molecular weight excluding hydrogens is 670 g/mol. The molecule has 22 heavy (non-hydrogen) atoms. The fourth-order valence-electron chi connectivity index (χ4n) is 1.22. The Bertz CT molecular complexity index is 672. The van der Waals surface area contributed by atoms with Gasteiger partial charge >= 0.3 is 21.3 Å². The van der Waals surface area contributed by atoms with Gasteiger partial charge in [-0.3, -0.25) is 4.55 Å². The number of hydrogen-bond acceptors (Lipinski definition) is 4. The van der Waals surface area contributed by atoms with Gasteiger partial charge in [0.15, 0.2) is 0 Å². The number of esters is 1. The number of halogens is 6. The Morgan fingerprint density at radius 3 is 2.14 bits per heavy atom. The highest BCUT2D eigenvalue weighted by Gasteiger charge is 2.53. The first-order chi connectivity index (χ1) is 9.87. The van der Waals surface area contributed by atoms with E-state index in [0.717, 1.165) is 3.57 Å². The van der Waals surface area contributed by atoms with Crippen LogP contribution in [0.2, 0.25) is 0 Å². The van der Waals surface area contributed by atoms with E-state index in [9.17, 15) is 26.4 Å². The van der Waals surface area contributed by atoms with Crippen LogP contribution >= 0.6 is 67.8 Å². The maximum atomic E-state index is 13.2. The zero-order valence-corrected chi connectivity index (χ0v) is 17.5. The summed E-state index contributed by atoms with van der Waals surface area (Å²) in [4.78, 5) is 11.8. The van der Waals surface area contributed by atoms with Gasteiger partial charge in [0.25, 0.3) is 0 Å². The van der Waals surface area contributed by atoms with Crippen molar-refractivity contribution in [2.75, 3.05) is 6.61 Å². The van der Waals surface area contributed by atoms with Crippen molar-refractivity contribution in [3.63, 3.8) is 0 Å². The molecule has 0 aromatic heterocycles. The summed E-state index contributed by atoms with van der Waals surface area (Å²) < 4.78 is 74.4. The molecule has 0 fully saturated rings. The quantitative estimate of drug-likeness (QED) is 0.294. The second-order valence-electron chi connectivity index (χ2n) is 3.85. The van der Waals surface area contributed by atoms with Gasteiger partial charge in [-0.15, -0.1) is 0 Å². The minimum Gasteiger partial charge on any atom is -0.459 e. The summed E-state index contributed by atoms with van der Waals surface area (Å²) >= 11 is 5.66. The van der Waals surface area contributed by atoms with Crippen LogP contribution in [0.25, 0.3) is 0 Å². The molecule has 1 aromatic carbocycles. The largest absolute Gasteiger partial charge is 0.459 e. The molecule has 124 valence electrons. The molecule has 0 aliphatic carbocycles. The second-order valence-corrected chi connectivity index (χ2v) is 8.91. The topological polar surface area (TPSA) is 80.7 Å². The smallest absolute Gasteiger partial charge is 0.403 e. The van der Waals surface area contributed by atoms with E-state index in [1.807, 2.05) is 67.8 Å². The van der Waals surface area contributed by atoms with Crippen LogP contribution in [-0.4, -0.2) is 37.0 Å². The average molecular weight is 676 g/mol. The number of hydrogen-bond donors (Lipinski definition) is 1. The van der Waals surface area contributed by atoms with Crippen LogP contribution in [0.4, 0.5) is 13.2 Å². The van der Waals surface area contributed by atoms with Gasteiger partial charge in [0, 0.05) is 10.7 Å². The molecule has 1 rings (SSSR count). The molecule has 1 aromatic rings. The highest BCUT2D eigenvalue weighted by Crippen LogP contribution is 2.28. The third kappa shape index (κ3) is 4.79. The third-order valence-corrected chi connectivity index (χ3v) is 5.55. The molecule has 0 aliphatic heterocycles. The van der Waals surface area contributed by atoms with Crippen molar-refractivity contribution in [1.82, 2.24) is 0 Å². The number of ether oxygens (including phenoxy) is 1. The van der Waals surface area contributed by atoms with Gasteiger partial charge in [-0.05, 0) is 79.9 Å². The number of carbonyl (C=O) groups excluding carboxylic acids is 1. The first kappa shape index (κ1) is 20.6. The molecule has 0 spiro atoms. The van der Waals surface area contributed by atoms with Gasteiger partial charge in [0.05, 0.1) is 5.56 Å². The highest BCUT2D eigenvalue weighted by atomic mass is 127. The van der Waals surface area contributed by atoms with Crippen LogP contribution in [0.5, 0.6) is 0 Å². The third-order valence-electron chi connectivity index (χ3n) is 2.28. The molecule has 0 aliphatic rings. The lowest BCUT2D eigenvalue weighted by Gasteiger charge is -2.17. The van der Waals surface area contributed by atoms with Crippen molar-refractivity contribution in [2.45, 2.75) is 11.4 Å². The Balaban J connectivity index is 2.88. The first-order valence-electron chi connectivity index (χ1n) is 5.18. The Hall–Kier alpha value is 0.580. The van der Waals surface area contributed by atoms with Crippen molar-refractivity contribution in [3.05, 3.63) is 28.4 Å². The van der Waals surface area contributed by atoms with E-state index in [1.165, 1.54) is 0 Å². The molecule has 5 nitrogen and oxygen atoms in total. The number of benzene rings is 1. The molecule has 1 N–H and O–H groups in total. The summed E-state index contributed by atoms with van der Waals surface area (Å²) in [7, 11) is -5.94. The molecule has 0 amide bonds. The SMILES string of the molecule is O=C(OCC(F)C(F)(F)S(=O)(=O)O)c1c(I)cc(I)cc1I. The molecule has 1 atom stereocenters. The van der Waals surface area contributed by atoms with Crippen LogP contribution in [0.1, 0.15) is 10.4 Å². The zero-order chi connectivity index (χ0) is 17.3. The van der Waals surface area contributed by atoms with Crippen molar-refractivity contribution >= 4 is 83.9 Å². The first-order valence-corrected chi connectivity index (χ1v) is 9.86. The fraction of sp³-hybridized carbons (Fsp3) is 0.300. The molecular formula is C10H6F3I3O5S. The van der Waals surface area contributed by atoms with Crippen molar-refractivity contribution in [3.8, 4) is 0 Å². The predicted molar refractivity (Wildman–Crippen MR) is 96.3 cm³/mol. The summed E-state index contributed by atoms with van der Waals surface area (Å²) in [5.41, 5.74) is 0.0592. The molecule has 12 heteroatoms. The summed E-state index contributed by atoms with van der Waals surface area (Å²) in [6.07, 6.45) is -3.38. The van der Waals surface area contributed by atoms with Gasteiger partial charge < -0.3 is 4.74 Å². The number of carbonyl (C=O) groups is 1. The van der Waals surface area contributed by atoms with Gasteiger partial charge in [0.2, 0.25) is 6.17 Å². The van der Waals surface area contributed by atoms with Crippen LogP contribution in [0.3, 0.4) is 0 Å². The normalized spacial score (nSPS) is 13.8. The van der Waals surface area contributed by atoms with Gasteiger partial charge in [-0.2, -0.15) is 17.2 Å². The Kier molecular flexibility index (Phi) is 7.17. The Labute approximate surface area is 164 Å². The van der Waals surface area contributed by atoms with E-state index in [0.29, 0.717) is 7.14 Å². The van der Waals surface area contributed by atoms with Gasteiger partial charge in [0.1, 0.15) is 6.61 Å². The second kappa shape index (κ2) is 7.64. The molecule has 0 bridgehead atoms. The monoisotopic (exact) mass is 676 g/mol. The lowest BCUT2D eigenvalue weighted by atomic mass is 10.2. The molecule has 0 heterocycles. The molecule has 0 saturated heterocycles. The number of alkyl halides is 3. The summed E-state index contributed by atoms with van der Waals surface area (Å²) in [6.45, 7) is -1.51. The van der Waals surface area contributed by atoms with Crippen LogP contribution < -0.4 is 0 Å². The lowest BCUT2D eigenvalue weighted by molar-refractivity contribution is -0.0357. The van der Waals surface area contributed by atoms with Gasteiger partial charge in [-0.1, -0.05) is 0 Å². The minimum absolute atomic E-state index is 0.0592. The molecule has 0 radical (unpaired) electrons. The highest BCUT2D eigenvalue weighted by molar-refractivity contribution is 14.1. The lowest BCUT2D eigenvalue weighted by Crippen LogP contribution is -2.41. The summed E-state index contributed by atoms with van der Waals surface area (Å²) in [6, 6.07) is 3.25. The van der Waals surface area contributed by atoms with Crippen LogP contribution in [-0.2, 0) is 14.9 Å². The van der Waals surface area contributed by atoms with E-state index in [-0.39, 0.29) is 5.56 Å². The van der Waals surface area contributed by atoms with Crippen LogP contribution in [0.15, 0.2) is 12.1 Å². The van der Waals surface area contributed by atoms with Crippen molar-refractivity contribution in [2.24, 2.45) is 0 Å². The number of rotatable bonds is 5. The standard InChI is InChI=1S/C10H6F3I3O5S/c11-7(10(12,13)22(18,19)20)3-21-9(17)8-5(15)1-4(14)2-6(8)16/h1-2,7H,3H2,(H,18,19,20). The summed E-state index contributed by atoms with van der Waals surface area (Å²) in [5.74, 6) is -1.07. The predicted octanol–water partition coefficient (Wildman–Crippen LogP) is 3.48. The van der Waals surface area contributed by atoms with E-state index >= 15 is 0 Å². The molecule has 1 unspecified atom stereocenters. The van der Waals surface area contributed by atoms with Crippen molar-refractivity contribution < 1.29 is 35.7 Å². The van der Waals surface area contributed by atoms with Gasteiger partial charge in [-0.25, -0.2) is 9.18 Å². The maximum Gasteiger partial charge on any atom is 0.403 e. The van der Waals surface area contributed by atoms with E-state index < -0.39 is 34.1 Å². The van der Waals surface area contributed by atoms with Crippen molar-refractivity contribution in [1.29, 1.82) is 0 Å². The van der Waals surface area contributed by atoms with Crippen LogP contribution in [0, 0.1) is 10.7 Å². The average Bonchev–Trinajstić information content (AvgIpc) is 2.32. The fourth-order valence-corrected chi connectivity index (χ4v) is 5.63. The minimum atomic E-state index is -5.94.